The minimum atomic E-state index is 0.773. The standard InChI is InChI=1S/C12H18N4O/c1-8-11(7-16(4)14-8)5-13-6-12-9(2)15-17-10(12)3/h7,13H,5-6H2,1-4H3. The van der Waals surface area contributed by atoms with Crippen LogP contribution >= 0.6 is 0 Å². The second-order valence-electron chi connectivity index (χ2n) is 4.32. The highest BCUT2D eigenvalue weighted by atomic mass is 16.5. The van der Waals surface area contributed by atoms with Crippen molar-refractivity contribution in [2.24, 2.45) is 7.05 Å². The maximum Gasteiger partial charge on any atom is 0.138 e. The van der Waals surface area contributed by atoms with E-state index >= 15 is 0 Å². The van der Waals surface area contributed by atoms with Crippen molar-refractivity contribution in [3.8, 4) is 0 Å². The maximum absolute atomic E-state index is 5.12. The van der Waals surface area contributed by atoms with Crippen LogP contribution in [-0.4, -0.2) is 14.9 Å². The molecular weight excluding hydrogens is 216 g/mol. The van der Waals surface area contributed by atoms with Crippen LogP contribution in [0, 0.1) is 20.8 Å². The average molecular weight is 234 g/mol. The highest BCUT2D eigenvalue weighted by Crippen LogP contribution is 2.12. The fraction of sp³-hybridized carbons (Fsp3) is 0.500. The largest absolute Gasteiger partial charge is 0.361 e. The molecule has 17 heavy (non-hydrogen) atoms. The molecule has 0 amide bonds. The number of hydrogen-bond donors (Lipinski definition) is 1. The van der Waals surface area contributed by atoms with Crippen LogP contribution in [0.5, 0.6) is 0 Å². The van der Waals surface area contributed by atoms with Crippen LogP contribution in [0.1, 0.15) is 28.3 Å². The molecule has 0 radical (unpaired) electrons. The van der Waals surface area contributed by atoms with Gasteiger partial charge in [0.25, 0.3) is 0 Å². The third kappa shape index (κ3) is 2.55. The van der Waals surface area contributed by atoms with Crippen LogP contribution in [0.2, 0.25) is 0 Å². The highest BCUT2D eigenvalue weighted by molar-refractivity contribution is 5.21. The molecular formula is C12H18N4O. The number of hydrogen-bond acceptors (Lipinski definition) is 4. The number of nitrogens with one attached hydrogen (secondary N) is 1. The minimum Gasteiger partial charge on any atom is -0.361 e. The Bertz CT molecular complexity index is 493. The lowest BCUT2D eigenvalue weighted by Crippen LogP contribution is -2.13. The van der Waals surface area contributed by atoms with Crippen molar-refractivity contribution < 1.29 is 4.52 Å². The van der Waals surface area contributed by atoms with Crippen molar-refractivity contribution in [1.29, 1.82) is 0 Å². The second-order valence-corrected chi connectivity index (χ2v) is 4.32. The van der Waals surface area contributed by atoms with Crippen molar-refractivity contribution in [3.05, 3.63) is 34.5 Å². The van der Waals surface area contributed by atoms with Crippen LogP contribution in [-0.2, 0) is 20.1 Å². The van der Waals surface area contributed by atoms with Gasteiger partial charge in [0.15, 0.2) is 0 Å². The first-order chi connectivity index (χ1) is 8.08. The van der Waals surface area contributed by atoms with Crippen molar-refractivity contribution >= 4 is 0 Å². The topological polar surface area (TPSA) is 55.9 Å². The third-order valence-corrected chi connectivity index (χ3v) is 2.91. The molecule has 0 bridgehead atoms. The fourth-order valence-electron chi connectivity index (χ4n) is 1.90. The summed E-state index contributed by atoms with van der Waals surface area (Å²) in [6.07, 6.45) is 2.04. The molecule has 5 nitrogen and oxygen atoms in total. The minimum absolute atomic E-state index is 0.773. The van der Waals surface area contributed by atoms with E-state index in [-0.39, 0.29) is 0 Å². The molecule has 5 heteroatoms. The zero-order chi connectivity index (χ0) is 12.4. The van der Waals surface area contributed by atoms with Crippen molar-refractivity contribution in [3.63, 3.8) is 0 Å². The SMILES string of the molecule is Cc1nn(C)cc1CNCc1c(C)noc1C. The molecule has 0 unspecified atom stereocenters. The smallest absolute Gasteiger partial charge is 0.138 e. The zero-order valence-corrected chi connectivity index (χ0v) is 10.7. The number of aryl methyl sites for hydroxylation is 4. The van der Waals surface area contributed by atoms with Gasteiger partial charge in [-0.2, -0.15) is 5.10 Å². The number of rotatable bonds is 4. The summed E-state index contributed by atoms with van der Waals surface area (Å²) in [6.45, 7) is 7.50. The van der Waals surface area contributed by atoms with Gasteiger partial charge < -0.3 is 9.84 Å². The molecule has 0 fully saturated rings. The van der Waals surface area contributed by atoms with Gasteiger partial charge in [-0.1, -0.05) is 5.16 Å². The first kappa shape index (κ1) is 11.9. The Hall–Kier alpha value is -1.62. The molecule has 0 saturated carbocycles. The van der Waals surface area contributed by atoms with E-state index in [1.165, 1.54) is 5.56 Å². The van der Waals surface area contributed by atoms with Crippen molar-refractivity contribution in [2.75, 3.05) is 0 Å². The molecule has 2 aromatic heterocycles. The monoisotopic (exact) mass is 234 g/mol. The summed E-state index contributed by atoms with van der Waals surface area (Å²) in [4.78, 5) is 0. The van der Waals surface area contributed by atoms with Crippen LogP contribution < -0.4 is 5.32 Å². The van der Waals surface area contributed by atoms with Gasteiger partial charge >= 0.3 is 0 Å². The van der Waals surface area contributed by atoms with Gasteiger partial charge in [0.1, 0.15) is 5.76 Å². The molecule has 0 atom stereocenters. The molecule has 2 aromatic rings. The van der Waals surface area contributed by atoms with Gasteiger partial charge in [-0.3, -0.25) is 4.68 Å². The Labute approximate surface area is 101 Å². The summed E-state index contributed by atoms with van der Waals surface area (Å²) in [7, 11) is 1.94. The third-order valence-electron chi connectivity index (χ3n) is 2.91. The van der Waals surface area contributed by atoms with E-state index in [1.54, 1.807) is 0 Å². The van der Waals surface area contributed by atoms with E-state index in [0.717, 1.165) is 35.8 Å². The lowest BCUT2D eigenvalue weighted by atomic mass is 10.2. The van der Waals surface area contributed by atoms with Gasteiger partial charge in [0, 0.05) is 37.5 Å². The summed E-state index contributed by atoms with van der Waals surface area (Å²) in [5.74, 6) is 0.887. The molecule has 0 aliphatic carbocycles. The van der Waals surface area contributed by atoms with Crippen LogP contribution in [0.15, 0.2) is 10.7 Å². The summed E-state index contributed by atoms with van der Waals surface area (Å²) in [5.41, 5.74) is 4.39. The lowest BCUT2D eigenvalue weighted by molar-refractivity contribution is 0.392. The van der Waals surface area contributed by atoms with Crippen molar-refractivity contribution in [2.45, 2.75) is 33.9 Å². The molecule has 92 valence electrons. The van der Waals surface area contributed by atoms with E-state index in [0.29, 0.717) is 0 Å². The van der Waals surface area contributed by atoms with Crippen LogP contribution in [0.4, 0.5) is 0 Å². The maximum atomic E-state index is 5.12. The fourth-order valence-corrected chi connectivity index (χ4v) is 1.90. The molecule has 2 rings (SSSR count). The van der Waals surface area contributed by atoms with Gasteiger partial charge in [-0.25, -0.2) is 0 Å². The highest BCUT2D eigenvalue weighted by Gasteiger charge is 2.08. The van der Waals surface area contributed by atoms with Gasteiger partial charge in [-0.05, 0) is 20.8 Å². The summed E-state index contributed by atoms with van der Waals surface area (Å²) in [6, 6.07) is 0. The van der Waals surface area contributed by atoms with Crippen LogP contribution in [0.25, 0.3) is 0 Å². The van der Waals surface area contributed by atoms with E-state index < -0.39 is 0 Å². The number of nitrogens with zero attached hydrogens (tertiary/aromatic N) is 3. The summed E-state index contributed by atoms with van der Waals surface area (Å²) >= 11 is 0. The van der Waals surface area contributed by atoms with E-state index in [2.05, 4.69) is 15.6 Å². The van der Waals surface area contributed by atoms with Gasteiger partial charge in [0.2, 0.25) is 0 Å². The van der Waals surface area contributed by atoms with Gasteiger partial charge in [-0.15, -0.1) is 0 Å². The lowest BCUT2D eigenvalue weighted by Gasteiger charge is -2.03. The normalized spacial score (nSPS) is 11.1. The van der Waals surface area contributed by atoms with E-state index in [9.17, 15) is 0 Å². The zero-order valence-electron chi connectivity index (χ0n) is 10.7. The molecule has 0 saturated heterocycles. The molecule has 0 aliphatic rings. The molecule has 0 aromatic carbocycles. The molecule has 0 spiro atoms. The molecule has 0 aliphatic heterocycles. The van der Waals surface area contributed by atoms with Gasteiger partial charge in [0.05, 0.1) is 11.4 Å². The predicted octanol–water partition coefficient (Wildman–Crippen LogP) is 1.62. The molecule has 2 heterocycles. The molecule has 1 N–H and O–H groups in total. The Morgan fingerprint density at radius 1 is 1.24 bits per heavy atom. The van der Waals surface area contributed by atoms with Crippen LogP contribution in [0.3, 0.4) is 0 Å². The first-order valence-corrected chi connectivity index (χ1v) is 5.69. The number of aromatic nitrogens is 3. The first-order valence-electron chi connectivity index (χ1n) is 5.69. The predicted molar refractivity (Wildman–Crippen MR) is 64.5 cm³/mol. The Morgan fingerprint density at radius 2 is 2.00 bits per heavy atom. The summed E-state index contributed by atoms with van der Waals surface area (Å²) < 4.78 is 6.95. The Morgan fingerprint density at radius 3 is 2.53 bits per heavy atom. The summed E-state index contributed by atoms with van der Waals surface area (Å²) in [5, 5.41) is 11.6. The van der Waals surface area contributed by atoms with E-state index in [4.69, 9.17) is 4.52 Å². The second kappa shape index (κ2) is 4.71. The Balaban J connectivity index is 1.94. The average Bonchev–Trinajstić information content (AvgIpc) is 2.74. The Kier molecular flexibility index (Phi) is 3.28. The van der Waals surface area contributed by atoms with E-state index in [1.807, 2.05) is 38.7 Å². The van der Waals surface area contributed by atoms with Crippen molar-refractivity contribution in [1.82, 2.24) is 20.3 Å². The quantitative estimate of drug-likeness (QED) is 0.873.